The maximum Gasteiger partial charge on any atom is 0.257 e. The fourth-order valence-electron chi connectivity index (χ4n) is 0.738. The minimum Gasteiger partial charge on any atom is -0.484 e. The Bertz CT molecular complexity index is 246. The Morgan fingerprint density at radius 1 is 1.42 bits per heavy atom. The number of carbonyl (C=O) groups excluding carboxylic acids is 1. The van der Waals surface area contributed by atoms with Gasteiger partial charge in [-0.1, -0.05) is 18.2 Å². The SMILES string of the molecule is CNC(=O)COc1ccccc1. The molecule has 0 aromatic heterocycles. The summed E-state index contributed by atoms with van der Waals surface area (Å²) in [5.41, 5.74) is 0. The summed E-state index contributed by atoms with van der Waals surface area (Å²) in [4.78, 5) is 10.7. The Morgan fingerprint density at radius 3 is 2.67 bits per heavy atom. The molecule has 0 heterocycles. The van der Waals surface area contributed by atoms with Crippen molar-refractivity contribution in [2.45, 2.75) is 0 Å². The predicted octanol–water partition coefficient (Wildman–Crippen LogP) is 0.811. The molecule has 0 fully saturated rings. The summed E-state index contributed by atoms with van der Waals surface area (Å²) in [6.45, 7) is 0.0700. The first-order valence-electron chi connectivity index (χ1n) is 3.71. The molecule has 0 bridgehead atoms. The average Bonchev–Trinajstić information content (AvgIpc) is 2.16. The zero-order chi connectivity index (χ0) is 8.81. The summed E-state index contributed by atoms with van der Waals surface area (Å²) >= 11 is 0. The van der Waals surface area contributed by atoms with Gasteiger partial charge in [-0.25, -0.2) is 0 Å². The molecular formula is C9H11NO2. The van der Waals surface area contributed by atoms with Gasteiger partial charge in [0.1, 0.15) is 5.75 Å². The van der Waals surface area contributed by atoms with Crippen LogP contribution in [0.2, 0.25) is 0 Å². The van der Waals surface area contributed by atoms with E-state index in [1.165, 1.54) is 0 Å². The van der Waals surface area contributed by atoms with E-state index in [9.17, 15) is 4.79 Å². The van der Waals surface area contributed by atoms with Crippen molar-refractivity contribution in [3.63, 3.8) is 0 Å². The Balaban J connectivity index is 2.38. The molecule has 0 aliphatic heterocycles. The van der Waals surface area contributed by atoms with Crippen LogP contribution < -0.4 is 10.1 Å². The zero-order valence-electron chi connectivity index (χ0n) is 6.91. The number of rotatable bonds is 3. The number of ether oxygens (including phenoxy) is 1. The molecular weight excluding hydrogens is 154 g/mol. The maximum absolute atomic E-state index is 10.7. The number of nitrogens with one attached hydrogen (secondary N) is 1. The van der Waals surface area contributed by atoms with Gasteiger partial charge in [0.2, 0.25) is 0 Å². The second-order valence-electron chi connectivity index (χ2n) is 2.27. The molecule has 64 valence electrons. The minimum atomic E-state index is -0.126. The number of hydrogen-bond acceptors (Lipinski definition) is 2. The smallest absolute Gasteiger partial charge is 0.257 e. The van der Waals surface area contributed by atoms with Gasteiger partial charge >= 0.3 is 0 Å². The van der Waals surface area contributed by atoms with Gasteiger partial charge in [-0.3, -0.25) is 4.79 Å². The highest BCUT2D eigenvalue weighted by molar-refractivity contribution is 5.77. The Hall–Kier alpha value is -1.51. The standard InChI is InChI=1S/C9H11NO2/c1-10-9(11)7-12-8-5-3-2-4-6-8/h2-6H,7H2,1H3,(H,10,11). The van der Waals surface area contributed by atoms with Gasteiger partial charge in [0.25, 0.3) is 5.91 Å². The lowest BCUT2D eigenvalue weighted by Crippen LogP contribution is -2.24. The Labute approximate surface area is 71.4 Å². The van der Waals surface area contributed by atoms with Crippen LogP contribution in [0, 0.1) is 0 Å². The van der Waals surface area contributed by atoms with E-state index >= 15 is 0 Å². The maximum atomic E-state index is 10.7. The third-order valence-corrected chi connectivity index (χ3v) is 1.39. The van der Waals surface area contributed by atoms with Crippen LogP contribution in [-0.4, -0.2) is 19.6 Å². The minimum absolute atomic E-state index is 0.0700. The van der Waals surface area contributed by atoms with Crippen LogP contribution in [0.4, 0.5) is 0 Å². The van der Waals surface area contributed by atoms with E-state index in [2.05, 4.69) is 5.32 Å². The van der Waals surface area contributed by atoms with Gasteiger partial charge in [-0.2, -0.15) is 0 Å². The number of hydrogen-bond donors (Lipinski definition) is 1. The first-order chi connectivity index (χ1) is 5.83. The largest absolute Gasteiger partial charge is 0.484 e. The molecule has 1 N–H and O–H groups in total. The number of carbonyl (C=O) groups is 1. The summed E-state index contributed by atoms with van der Waals surface area (Å²) in [5.74, 6) is 0.583. The molecule has 1 aromatic rings. The lowest BCUT2D eigenvalue weighted by atomic mass is 10.3. The highest BCUT2D eigenvalue weighted by atomic mass is 16.5. The van der Waals surface area contributed by atoms with Crippen LogP contribution in [0.5, 0.6) is 5.75 Å². The number of amides is 1. The van der Waals surface area contributed by atoms with E-state index in [4.69, 9.17) is 4.74 Å². The van der Waals surface area contributed by atoms with E-state index in [0.717, 1.165) is 0 Å². The molecule has 1 rings (SSSR count). The number of benzene rings is 1. The van der Waals surface area contributed by atoms with Gasteiger partial charge in [0.15, 0.2) is 6.61 Å². The molecule has 0 saturated carbocycles. The fraction of sp³-hybridized carbons (Fsp3) is 0.222. The molecule has 0 atom stereocenters. The van der Waals surface area contributed by atoms with Gasteiger partial charge < -0.3 is 10.1 Å². The van der Waals surface area contributed by atoms with Crippen molar-refractivity contribution in [2.24, 2.45) is 0 Å². The van der Waals surface area contributed by atoms with Gasteiger partial charge in [-0.15, -0.1) is 0 Å². The summed E-state index contributed by atoms with van der Waals surface area (Å²) in [5, 5.41) is 2.47. The van der Waals surface area contributed by atoms with Crippen LogP contribution in [0.3, 0.4) is 0 Å². The van der Waals surface area contributed by atoms with E-state index in [1.807, 2.05) is 30.3 Å². The Kier molecular flexibility index (Phi) is 3.14. The molecule has 3 heteroatoms. The second-order valence-corrected chi connectivity index (χ2v) is 2.27. The van der Waals surface area contributed by atoms with Crippen molar-refractivity contribution < 1.29 is 9.53 Å². The highest BCUT2D eigenvalue weighted by Gasteiger charge is 1.97. The van der Waals surface area contributed by atoms with E-state index < -0.39 is 0 Å². The van der Waals surface area contributed by atoms with E-state index in [1.54, 1.807) is 7.05 Å². The summed E-state index contributed by atoms with van der Waals surface area (Å²) in [7, 11) is 1.58. The normalized spacial score (nSPS) is 9.08. The van der Waals surface area contributed by atoms with Gasteiger partial charge in [-0.05, 0) is 12.1 Å². The van der Waals surface area contributed by atoms with Gasteiger partial charge in [0, 0.05) is 7.05 Å². The molecule has 3 nitrogen and oxygen atoms in total. The lowest BCUT2D eigenvalue weighted by Gasteiger charge is -2.03. The van der Waals surface area contributed by atoms with E-state index in [-0.39, 0.29) is 12.5 Å². The predicted molar refractivity (Wildman–Crippen MR) is 46.0 cm³/mol. The molecule has 0 radical (unpaired) electrons. The topological polar surface area (TPSA) is 38.3 Å². The average molecular weight is 165 g/mol. The number of likely N-dealkylation sites (N-methyl/N-ethyl adjacent to an activating group) is 1. The van der Waals surface area contributed by atoms with Crippen LogP contribution in [0.15, 0.2) is 30.3 Å². The molecule has 12 heavy (non-hydrogen) atoms. The molecule has 0 aliphatic carbocycles. The van der Waals surface area contributed by atoms with Crippen LogP contribution in [0.25, 0.3) is 0 Å². The summed E-state index contributed by atoms with van der Waals surface area (Å²) < 4.78 is 5.15. The molecule has 0 unspecified atom stereocenters. The summed E-state index contributed by atoms with van der Waals surface area (Å²) in [6.07, 6.45) is 0. The monoisotopic (exact) mass is 165 g/mol. The van der Waals surface area contributed by atoms with Crippen molar-refractivity contribution in [1.29, 1.82) is 0 Å². The van der Waals surface area contributed by atoms with Crippen molar-refractivity contribution >= 4 is 5.91 Å². The van der Waals surface area contributed by atoms with E-state index in [0.29, 0.717) is 5.75 Å². The van der Waals surface area contributed by atoms with Crippen LogP contribution in [0.1, 0.15) is 0 Å². The van der Waals surface area contributed by atoms with Crippen LogP contribution >= 0.6 is 0 Å². The quantitative estimate of drug-likeness (QED) is 0.719. The first kappa shape index (κ1) is 8.59. The third kappa shape index (κ3) is 2.62. The second kappa shape index (κ2) is 4.38. The summed E-state index contributed by atoms with van der Waals surface area (Å²) in [6, 6.07) is 9.23. The number of para-hydroxylation sites is 1. The van der Waals surface area contributed by atoms with Crippen molar-refractivity contribution in [2.75, 3.05) is 13.7 Å². The van der Waals surface area contributed by atoms with Gasteiger partial charge in [0.05, 0.1) is 0 Å². The first-order valence-corrected chi connectivity index (χ1v) is 3.71. The molecule has 0 spiro atoms. The molecule has 1 aromatic carbocycles. The molecule has 1 amide bonds. The van der Waals surface area contributed by atoms with Crippen LogP contribution in [-0.2, 0) is 4.79 Å². The fourth-order valence-corrected chi connectivity index (χ4v) is 0.738. The Morgan fingerprint density at radius 2 is 2.08 bits per heavy atom. The molecule has 0 aliphatic rings. The van der Waals surface area contributed by atoms with Crippen molar-refractivity contribution in [3.05, 3.63) is 30.3 Å². The lowest BCUT2D eigenvalue weighted by molar-refractivity contribution is -0.122. The van der Waals surface area contributed by atoms with Crippen molar-refractivity contribution in [1.82, 2.24) is 5.32 Å². The zero-order valence-corrected chi connectivity index (χ0v) is 6.91. The third-order valence-electron chi connectivity index (χ3n) is 1.39. The van der Waals surface area contributed by atoms with Crippen molar-refractivity contribution in [3.8, 4) is 5.75 Å². The molecule has 0 saturated heterocycles. The highest BCUT2D eigenvalue weighted by Crippen LogP contribution is 2.07.